The number of carbonyl (C=O) groups is 2. The molecule has 1 heterocycles. The minimum atomic E-state index is -0.418. The van der Waals surface area contributed by atoms with Gasteiger partial charge in [0.05, 0.1) is 31.5 Å². The fraction of sp³-hybridized carbons (Fsp3) is 0.762. The van der Waals surface area contributed by atoms with Crippen LogP contribution in [-0.2, 0) is 14.3 Å². The quantitative estimate of drug-likeness (QED) is 0.410. The summed E-state index contributed by atoms with van der Waals surface area (Å²) in [6.45, 7) is 5.86. The highest BCUT2D eigenvalue weighted by molar-refractivity contribution is 6.31. The van der Waals surface area contributed by atoms with Crippen molar-refractivity contribution in [2.75, 3.05) is 19.7 Å². The van der Waals surface area contributed by atoms with Crippen molar-refractivity contribution in [3.63, 3.8) is 0 Å². The van der Waals surface area contributed by atoms with E-state index in [0.29, 0.717) is 13.2 Å². The number of hydrogen-bond donors (Lipinski definition) is 3. The predicted molar refractivity (Wildman–Crippen MR) is 110 cm³/mol. The standard InChI is InChI=1S/C21H36N4O3/c1-15(2)16-5-7-18(8-6-16)28-14-20-19(23)4-3-11-25(20)21(27)13-24-10-9-17(26)12-22/h9-10,12,15-16,18-20,22,24H,3-8,11,13-14,23H2,1-2H3/b10-9-,22-12?/t16?,18?,19-,20-/m0/s1. The van der Waals surface area contributed by atoms with Crippen LogP contribution in [0.5, 0.6) is 0 Å². The van der Waals surface area contributed by atoms with Gasteiger partial charge in [-0.3, -0.25) is 9.59 Å². The van der Waals surface area contributed by atoms with Gasteiger partial charge in [-0.25, -0.2) is 0 Å². The first-order valence-corrected chi connectivity index (χ1v) is 10.5. The van der Waals surface area contributed by atoms with E-state index in [0.717, 1.165) is 43.7 Å². The second-order valence-corrected chi connectivity index (χ2v) is 8.34. The van der Waals surface area contributed by atoms with Crippen molar-refractivity contribution in [2.24, 2.45) is 17.6 Å². The van der Waals surface area contributed by atoms with Crippen molar-refractivity contribution in [1.82, 2.24) is 10.2 Å². The average molecular weight is 393 g/mol. The maximum absolute atomic E-state index is 12.6. The summed E-state index contributed by atoms with van der Waals surface area (Å²) >= 11 is 0. The van der Waals surface area contributed by atoms with Crippen LogP contribution in [0.15, 0.2) is 12.3 Å². The normalized spacial score (nSPS) is 28.5. The highest BCUT2D eigenvalue weighted by atomic mass is 16.5. The third kappa shape index (κ3) is 6.71. The summed E-state index contributed by atoms with van der Waals surface area (Å²) in [5.41, 5.74) is 6.32. The molecule has 158 valence electrons. The molecule has 1 saturated heterocycles. The van der Waals surface area contributed by atoms with Crippen LogP contribution >= 0.6 is 0 Å². The Kier molecular flexibility index (Phi) is 9.12. The zero-order chi connectivity index (χ0) is 20.5. The van der Waals surface area contributed by atoms with Gasteiger partial charge in [0.25, 0.3) is 0 Å². The van der Waals surface area contributed by atoms with Crippen molar-refractivity contribution in [2.45, 2.75) is 70.6 Å². The number of rotatable bonds is 9. The number of nitrogens with one attached hydrogen (secondary N) is 2. The van der Waals surface area contributed by atoms with Crippen LogP contribution in [0.3, 0.4) is 0 Å². The molecule has 7 nitrogen and oxygen atoms in total. The number of ketones is 1. The molecule has 0 aromatic rings. The second kappa shape index (κ2) is 11.3. The van der Waals surface area contributed by atoms with Crippen LogP contribution in [0, 0.1) is 17.2 Å². The summed E-state index contributed by atoms with van der Waals surface area (Å²) in [6.07, 6.45) is 10.0. The van der Waals surface area contributed by atoms with Crippen LogP contribution in [0.4, 0.5) is 0 Å². The zero-order valence-electron chi connectivity index (χ0n) is 17.2. The molecule has 0 bridgehead atoms. The summed E-state index contributed by atoms with van der Waals surface area (Å²) < 4.78 is 6.20. The van der Waals surface area contributed by atoms with Gasteiger partial charge in [-0.15, -0.1) is 0 Å². The topological polar surface area (TPSA) is 109 Å². The van der Waals surface area contributed by atoms with Crippen LogP contribution in [-0.4, -0.2) is 60.7 Å². The molecule has 2 rings (SSSR count). The number of nitrogens with zero attached hydrogens (tertiary/aromatic N) is 1. The minimum Gasteiger partial charge on any atom is -0.382 e. The smallest absolute Gasteiger partial charge is 0.242 e. The Balaban J connectivity index is 1.82. The lowest BCUT2D eigenvalue weighted by atomic mass is 9.80. The predicted octanol–water partition coefficient (Wildman–Crippen LogP) is 1.86. The van der Waals surface area contributed by atoms with Crippen LogP contribution in [0.1, 0.15) is 52.4 Å². The molecule has 2 fully saturated rings. The summed E-state index contributed by atoms with van der Waals surface area (Å²) in [5, 5.41) is 9.67. The number of likely N-dealkylation sites (tertiary alicyclic amines) is 1. The summed E-state index contributed by atoms with van der Waals surface area (Å²) in [7, 11) is 0. The van der Waals surface area contributed by atoms with E-state index in [4.69, 9.17) is 15.9 Å². The highest BCUT2D eigenvalue weighted by Gasteiger charge is 2.33. The van der Waals surface area contributed by atoms with Crippen molar-refractivity contribution in [3.05, 3.63) is 12.3 Å². The molecule has 1 amide bonds. The number of piperidine rings is 1. The molecule has 7 heteroatoms. The first kappa shape index (κ1) is 22.6. The molecule has 1 saturated carbocycles. The summed E-state index contributed by atoms with van der Waals surface area (Å²) in [6, 6.07) is -0.169. The first-order valence-electron chi connectivity index (χ1n) is 10.5. The van der Waals surface area contributed by atoms with Gasteiger partial charge in [-0.1, -0.05) is 13.8 Å². The van der Waals surface area contributed by atoms with Crippen LogP contribution in [0.25, 0.3) is 0 Å². The van der Waals surface area contributed by atoms with Crippen molar-refractivity contribution < 1.29 is 14.3 Å². The molecule has 1 aliphatic heterocycles. The van der Waals surface area contributed by atoms with Crippen molar-refractivity contribution >= 4 is 17.9 Å². The lowest BCUT2D eigenvalue weighted by Gasteiger charge is -2.41. The Morgan fingerprint density at radius 3 is 2.61 bits per heavy atom. The van der Waals surface area contributed by atoms with E-state index in [1.807, 2.05) is 4.90 Å². The highest BCUT2D eigenvalue weighted by Crippen LogP contribution is 2.31. The van der Waals surface area contributed by atoms with Crippen molar-refractivity contribution in [1.29, 1.82) is 5.41 Å². The number of hydrogen-bond acceptors (Lipinski definition) is 6. The molecule has 1 aliphatic carbocycles. The van der Waals surface area contributed by atoms with Gasteiger partial charge >= 0.3 is 0 Å². The third-order valence-electron chi connectivity index (χ3n) is 6.08. The number of amides is 1. The van der Waals surface area contributed by atoms with E-state index in [1.165, 1.54) is 25.1 Å². The fourth-order valence-corrected chi connectivity index (χ4v) is 4.20. The first-order chi connectivity index (χ1) is 13.4. The molecule has 2 aliphatic rings. The Morgan fingerprint density at radius 1 is 1.25 bits per heavy atom. The van der Waals surface area contributed by atoms with Crippen LogP contribution < -0.4 is 11.1 Å². The molecule has 0 radical (unpaired) electrons. The van der Waals surface area contributed by atoms with E-state index in [2.05, 4.69) is 19.2 Å². The minimum absolute atomic E-state index is 0.0424. The summed E-state index contributed by atoms with van der Waals surface area (Å²) in [5.74, 6) is 1.07. The van der Waals surface area contributed by atoms with Gasteiger partial charge in [0.15, 0.2) is 5.78 Å². The molecule has 28 heavy (non-hydrogen) atoms. The van der Waals surface area contributed by atoms with E-state index in [9.17, 15) is 9.59 Å². The van der Waals surface area contributed by atoms with E-state index < -0.39 is 5.78 Å². The van der Waals surface area contributed by atoms with Gasteiger partial charge < -0.3 is 26.1 Å². The third-order valence-corrected chi connectivity index (χ3v) is 6.08. The maximum atomic E-state index is 12.6. The number of allylic oxidation sites excluding steroid dienone is 1. The average Bonchev–Trinajstić information content (AvgIpc) is 2.70. The monoisotopic (exact) mass is 392 g/mol. The Hall–Kier alpha value is -1.73. The van der Waals surface area contributed by atoms with Gasteiger partial charge in [0, 0.05) is 24.9 Å². The van der Waals surface area contributed by atoms with E-state index >= 15 is 0 Å². The largest absolute Gasteiger partial charge is 0.382 e. The molecule has 4 N–H and O–H groups in total. The van der Waals surface area contributed by atoms with Crippen molar-refractivity contribution in [3.8, 4) is 0 Å². The fourth-order valence-electron chi connectivity index (χ4n) is 4.20. The molecule has 0 aromatic carbocycles. The number of carbonyl (C=O) groups excluding carboxylic acids is 2. The lowest BCUT2D eigenvalue weighted by Crippen LogP contribution is -2.58. The Labute approximate surface area is 168 Å². The van der Waals surface area contributed by atoms with E-state index in [1.54, 1.807) is 0 Å². The van der Waals surface area contributed by atoms with Gasteiger partial charge in [0.1, 0.15) is 0 Å². The Bertz CT molecular complexity index is 556. The van der Waals surface area contributed by atoms with Gasteiger partial charge in [-0.05, 0) is 50.4 Å². The molecule has 2 atom stereocenters. The van der Waals surface area contributed by atoms with Gasteiger partial charge in [0.2, 0.25) is 5.91 Å². The second-order valence-electron chi connectivity index (χ2n) is 8.34. The van der Waals surface area contributed by atoms with Crippen LogP contribution in [0.2, 0.25) is 0 Å². The SMILES string of the molecule is CC(C)C1CCC(OC[C@H]2[C@@H](N)CCCN2C(=O)CN/C=C\C(=O)C=N)CC1. The molecule has 0 spiro atoms. The van der Waals surface area contributed by atoms with E-state index in [-0.39, 0.29) is 30.6 Å². The number of nitrogens with two attached hydrogens (primary N) is 1. The molecule has 0 aromatic heterocycles. The summed E-state index contributed by atoms with van der Waals surface area (Å²) in [4.78, 5) is 25.5. The van der Waals surface area contributed by atoms with Gasteiger partial charge in [-0.2, -0.15) is 0 Å². The zero-order valence-corrected chi connectivity index (χ0v) is 17.2. The molecule has 0 unspecified atom stereocenters. The molecular formula is C21H36N4O3. The Morgan fingerprint density at radius 2 is 1.96 bits per heavy atom. The number of ether oxygens (including phenoxy) is 1. The molecular weight excluding hydrogens is 356 g/mol. The lowest BCUT2D eigenvalue weighted by molar-refractivity contribution is -0.137. The maximum Gasteiger partial charge on any atom is 0.242 e.